The molecule has 2 N–H and O–H groups in total. The molecule has 0 aliphatic heterocycles. The molecule has 1 aliphatic rings. The third-order valence-corrected chi connectivity index (χ3v) is 4.64. The SMILES string of the molecule is COc1ccc(-n2nnc3cnc(NC4CC[C@H](CO)C4)nc32)cc1. The van der Waals surface area contributed by atoms with Crippen LogP contribution >= 0.6 is 0 Å². The Kier molecular flexibility index (Phi) is 4.19. The van der Waals surface area contributed by atoms with Crippen LogP contribution in [0.4, 0.5) is 5.95 Å². The number of rotatable bonds is 5. The predicted octanol–water partition coefficient (Wildman–Crippen LogP) is 1.79. The molecule has 0 radical (unpaired) electrons. The van der Waals surface area contributed by atoms with Crippen LogP contribution in [0.25, 0.3) is 16.9 Å². The Balaban J connectivity index is 1.61. The highest BCUT2D eigenvalue weighted by Gasteiger charge is 2.24. The Labute approximate surface area is 144 Å². The molecule has 0 saturated heterocycles. The smallest absolute Gasteiger partial charge is 0.225 e. The molecular formula is C17H20N6O2. The normalized spacial score (nSPS) is 20.1. The Morgan fingerprint density at radius 2 is 2.12 bits per heavy atom. The molecular weight excluding hydrogens is 320 g/mol. The molecule has 4 rings (SSSR count). The van der Waals surface area contributed by atoms with Crippen LogP contribution in [0.5, 0.6) is 5.75 Å². The molecule has 130 valence electrons. The number of fused-ring (bicyclic) bond motifs is 1. The molecule has 3 aromatic rings. The summed E-state index contributed by atoms with van der Waals surface area (Å²) in [6.07, 6.45) is 4.66. The maximum atomic E-state index is 9.28. The van der Waals surface area contributed by atoms with Gasteiger partial charge in [0.15, 0.2) is 11.2 Å². The minimum Gasteiger partial charge on any atom is -0.497 e. The largest absolute Gasteiger partial charge is 0.497 e. The number of aliphatic hydroxyl groups is 1. The summed E-state index contributed by atoms with van der Waals surface area (Å²) >= 11 is 0. The van der Waals surface area contributed by atoms with Crippen LogP contribution in [0.3, 0.4) is 0 Å². The van der Waals surface area contributed by atoms with E-state index in [4.69, 9.17) is 4.74 Å². The van der Waals surface area contributed by atoms with Crippen molar-refractivity contribution in [1.82, 2.24) is 25.0 Å². The fourth-order valence-corrected chi connectivity index (χ4v) is 3.25. The summed E-state index contributed by atoms with van der Waals surface area (Å²) in [5.74, 6) is 1.71. The van der Waals surface area contributed by atoms with Gasteiger partial charge in [-0.3, -0.25) is 0 Å². The zero-order valence-corrected chi connectivity index (χ0v) is 14.0. The van der Waals surface area contributed by atoms with Gasteiger partial charge in [0.25, 0.3) is 0 Å². The molecule has 1 unspecified atom stereocenters. The number of methoxy groups -OCH3 is 1. The molecule has 0 spiro atoms. The molecule has 1 fully saturated rings. The Morgan fingerprint density at radius 3 is 2.84 bits per heavy atom. The minimum absolute atomic E-state index is 0.242. The third-order valence-electron chi connectivity index (χ3n) is 4.64. The number of aromatic nitrogens is 5. The fraction of sp³-hybridized carbons (Fsp3) is 0.412. The van der Waals surface area contributed by atoms with Crippen LogP contribution in [0.15, 0.2) is 30.5 Å². The summed E-state index contributed by atoms with van der Waals surface area (Å²) in [4.78, 5) is 8.93. The quantitative estimate of drug-likeness (QED) is 0.730. The summed E-state index contributed by atoms with van der Waals surface area (Å²) in [7, 11) is 1.63. The molecule has 1 saturated carbocycles. The van der Waals surface area contributed by atoms with Crippen molar-refractivity contribution in [1.29, 1.82) is 0 Å². The first-order valence-electron chi connectivity index (χ1n) is 8.37. The van der Waals surface area contributed by atoms with Crippen molar-refractivity contribution in [3.8, 4) is 11.4 Å². The number of hydrogen-bond acceptors (Lipinski definition) is 7. The standard InChI is InChI=1S/C17H20N6O2/c1-25-14-6-4-13(5-7-14)23-16-15(21-22-23)9-18-17(20-16)19-12-3-2-11(8-12)10-24/h4-7,9,11-12,24H,2-3,8,10H2,1H3,(H,18,19,20)/t11-,12?/m0/s1. The summed E-state index contributed by atoms with van der Waals surface area (Å²) in [6.45, 7) is 0.242. The zero-order valence-electron chi connectivity index (χ0n) is 14.0. The van der Waals surface area contributed by atoms with E-state index in [1.807, 2.05) is 24.3 Å². The summed E-state index contributed by atoms with van der Waals surface area (Å²) in [6, 6.07) is 7.85. The second-order valence-corrected chi connectivity index (χ2v) is 6.30. The molecule has 8 nitrogen and oxygen atoms in total. The second-order valence-electron chi connectivity index (χ2n) is 6.30. The first-order chi connectivity index (χ1) is 12.3. The fourth-order valence-electron chi connectivity index (χ4n) is 3.25. The van der Waals surface area contributed by atoms with Crippen LogP contribution in [0.1, 0.15) is 19.3 Å². The van der Waals surface area contributed by atoms with Gasteiger partial charge in [0.1, 0.15) is 5.75 Å². The van der Waals surface area contributed by atoms with Crippen LogP contribution in [-0.4, -0.2) is 49.8 Å². The van der Waals surface area contributed by atoms with Gasteiger partial charge in [-0.2, -0.15) is 9.67 Å². The van der Waals surface area contributed by atoms with Crippen molar-refractivity contribution < 1.29 is 9.84 Å². The molecule has 2 aromatic heterocycles. The molecule has 1 aromatic carbocycles. The third kappa shape index (κ3) is 3.12. The van der Waals surface area contributed by atoms with Gasteiger partial charge in [0, 0.05) is 12.6 Å². The van der Waals surface area contributed by atoms with Crippen molar-refractivity contribution >= 4 is 17.1 Å². The summed E-state index contributed by atoms with van der Waals surface area (Å²) < 4.78 is 6.87. The average Bonchev–Trinajstić information content (AvgIpc) is 3.28. The highest BCUT2D eigenvalue weighted by molar-refractivity contribution is 5.72. The number of nitrogens with one attached hydrogen (secondary N) is 1. The van der Waals surface area contributed by atoms with Gasteiger partial charge < -0.3 is 15.2 Å². The number of hydrogen-bond donors (Lipinski definition) is 2. The molecule has 2 atom stereocenters. The first-order valence-corrected chi connectivity index (χ1v) is 8.37. The van der Waals surface area contributed by atoms with Crippen molar-refractivity contribution in [3.05, 3.63) is 30.5 Å². The highest BCUT2D eigenvalue weighted by Crippen LogP contribution is 2.27. The lowest BCUT2D eigenvalue weighted by Crippen LogP contribution is -2.18. The number of nitrogens with zero attached hydrogens (tertiary/aromatic N) is 5. The lowest BCUT2D eigenvalue weighted by molar-refractivity contribution is 0.229. The van der Waals surface area contributed by atoms with Crippen molar-refractivity contribution in [2.75, 3.05) is 19.0 Å². The van der Waals surface area contributed by atoms with E-state index < -0.39 is 0 Å². The van der Waals surface area contributed by atoms with Crippen molar-refractivity contribution in [3.63, 3.8) is 0 Å². The number of aliphatic hydroxyl groups excluding tert-OH is 1. The van der Waals surface area contributed by atoms with Gasteiger partial charge >= 0.3 is 0 Å². The van der Waals surface area contributed by atoms with Crippen molar-refractivity contribution in [2.24, 2.45) is 5.92 Å². The molecule has 1 aliphatic carbocycles. The predicted molar refractivity (Wildman–Crippen MR) is 92.8 cm³/mol. The van der Waals surface area contributed by atoms with Crippen molar-refractivity contribution in [2.45, 2.75) is 25.3 Å². The second kappa shape index (κ2) is 6.64. The van der Waals surface area contributed by atoms with Crippen LogP contribution in [0, 0.1) is 5.92 Å². The van der Waals surface area contributed by atoms with Gasteiger partial charge in [-0.1, -0.05) is 5.21 Å². The van der Waals surface area contributed by atoms with Gasteiger partial charge in [0.2, 0.25) is 5.95 Å². The van der Waals surface area contributed by atoms with E-state index in [9.17, 15) is 5.11 Å². The Hall–Kier alpha value is -2.74. The molecule has 2 heterocycles. The van der Waals surface area contributed by atoms with Crippen LogP contribution in [-0.2, 0) is 0 Å². The van der Waals surface area contributed by atoms with Gasteiger partial charge in [-0.05, 0) is 49.4 Å². The maximum absolute atomic E-state index is 9.28. The number of anilines is 1. The van der Waals surface area contributed by atoms with Gasteiger partial charge in [-0.15, -0.1) is 5.10 Å². The summed E-state index contributed by atoms with van der Waals surface area (Å²) in [5.41, 5.74) is 2.15. The number of benzene rings is 1. The van der Waals surface area contributed by atoms with Gasteiger partial charge in [0.05, 0.1) is 19.0 Å². The zero-order chi connectivity index (χ0) is 17.2. The minimum atomic E-state index is 0.242. The molecule has 25 heavy (non-hydrogen) atoms. The highest BCUT2D eigenvalue weighted by atomic mass is 16.5. The van der Waals surface area contributed by atoms with Crippen LogP contribution < -0.4 is 10.1 Å². The van der Waals surface area contributed by atoms with Crippen LogP contribution in [0.2, 0.25) is 0 Å². The van der Waals surface area contributed by atoms with E-state index in [2.05, 4.69) is 25.6 Å². The lowest BCUT2D eigenvalue weighted by atomic mass is 10.1. The molecule has 0 bridgehead atoms. The monoisotopic (exact) mass is 340 g/mol. The van der Waals surface area contributed by atoms with E-state index in [0.717, 1.165) is 30.7 Å². The molecule has 0 amide bonds. The maximum Gasteiger partial charge on any atom is 0.225 e. The lowest BCUT2D eigenvalue weighted by Gasteiger charge is -2.12. The first kappa shape index (κ1) is 15.8. The van der Waals surface area contributed by atoms with E-state index in [-0.39, 0.29) is 6.61 Å². The summed E-state index contributed by atoms with van der Waals surface area (Å²) in [5, 5.41) is 21.0. The average molecular weight is 340 g/mol. The number of ether oxygens (including phenoxy) is 1. The van der Waals surface area contributed by atoms with Gasteiger partial charge in [-0.25, -0.2) is 4.98 Å². The van der Waals surface area contributed by atoms with E-state index in [0.29, 0.717) is 29.1 Å². The Bertz CT molecular complexity index is 863. The topological polar surface area (TPSA) is 98.0 Å². The van der Waals surface area contributed by atoms with E-state index in [1.165, 1.54) is 0 Å². The Morgan fingerprint density at radius 1 is 1.28 bits per heavy atom. The van der Waals surface area contributed by atoms with E-state index >= 15 is 0 Å². The molecule has 8 heteroatoms. The van der Waals surface area contributed by atoms with E-state index in [1.54, 1.807) is 18.0 Å².